The van der Waals surface area contributed by atoms with Gasteiger partial charge in [0.25, 0.3) is 0 Å². The zero-order valence-electron chi connectivity index (χ0n) is 5.16. The lowest BCUT2D eigenvalue weighted by molar-refractivity contribution is 0.277. The van der Waals surface area contributed by atoms with Gasteiger partial charge in [-0.2, -0.15) is 0 Å². The highest BCUT2D eigenvalue weighted by atomic mass is 16.3. The van der Waals surface area contributed by atoms with Gasteiger partial charge >= 0.3 is 0 Å². The second-order valence-corrected chi connectivity index (χ2v) is 1.70. The first-order valence-electron chi connectivity index (χ1n) is 2.73. The van der Waals surface area contributed by atoms with Crippen LogP contribution in [0.3, 0.4) is 0 Å². The van der Waals surface area contributed by atoms with E-state index >= 15 is 0 Å². The molecule has 0 fully saturated rings. The second-order valence-electron chi connectivity index (χ2n) is 1.70. The van der Waals surface area contributed by atoms with Crippen LogP contribution in [0, 0.1) is 0 Å². The van der Waals surface area contributed by atoms with Crippen LogP contribution < -0.4 is 0 Å². The normalized spacial score (nSPS) is 8.90. The van der Waals surface area contributed by atoms with E-state index in [-0.39, 0.29) is 6.61 Å². The quantitative estimate of drug-likeness (QED) is 0.553. The van der Waals surface area contributed by atoms with Crippen molar-refractivity contribution in [3.63, 3.8) is 0 Å². The minimum atomic E-state index is -0.122. The first-order valence-corrected chi connectivity index (χ1v) is 2.73. The van der Waals surface area contributed by atoms with Gasteiger partial charge in [0.15, 0.2) is 0 Å². The van der Waals surface area contributed by atoms with Crippen molar-refractivity contribution in [2.24, 2.45) is 0 Å². The average molecular weight is 138 g/mol. The fourth-order valence-corrected chi connectivity index (χ4v) is 0.587. The molecule has 0 aliphatic heterocycles. The number of hydrogen-bond acceptors (Lipinski definition) is 3. The van der Waals surface area contributed by atoms with Crippen LogP contribution in [-0.2, 0) is 11.4 Å². The number of imidazole rings is 1. The van der Waals surface area contributed by atoms with Crippen molar-refractivity contribution in [1.82, 2.24) is 9.97 Å². The molecule has 0 amide bonds. The van der Waals surface area contributed by atoms with Crippen molar-refractivity contribution < 1.29 is 9.90 Å². The molecule has 1 aromatic heterocycles. The number of nitrogens with zero attached hydrogens (tertiary/aromatic N) is 1. The summed E-state index contributed by atoms with van der Waals surface area (Å²) < 4.78 is 0. The maximum Gasteiger partial charge on any atom is 0.141 e. The number of H-pyrrole nitrogens is 1. The third-order valence-corrected chi connectivity index (χ3v) is 1.01. The molecule has 10 heavy (non-hydrogen) atoms. The molecule has 1 heterocycles. The van der Waals surface area contributed by atoms with Gasteiger partial charge in [0.1, 0.15) is 11.8 Å². The Morgan fingerprint density at radius 2 is 2.70 bits per heavy atom. The Balaban J connectivity index is 2.87. The van der Waals surface area contributed by atoms with Crippen LogP contribution in [-0.4, -0.2) is 21.0 Å². The van der Waals surface area contributed by atoms with Crippen LogP contribution in [0.15, 0.2) is 6.20 Å². The van der Waals surface area contributed by atoms with Crippen molar-refractivity contribution >= 4 is 12.0 Å². The monoisotopic (exact) mass is 138 g/mol. The van der Waals surface area contributed by atoms with E-state index in [9.17, 15) is 4.79 Å². The molecule has 1 aromatic rings. The highest BCUT2D eigenvalue weighted by Crippen LogP contribution is 1.96. The van der Waals surface area contributed by atoms with E-state index in [1.165, 1.54) is 12.3 Å². The van der Waals surface area contributed by atoms with E-state index in [1.807, 2.05) is 0 Å². The summed E-state index contributed by atoms with van der Waals surface area (Å²) in [6.45, 7) is -0.122. The number of nitrogens with one attached hydrogen (secondary N) is 1. The van der Waals surface area contributed by atoms with Gasteiger partial charge in [0.05, 0.1) is 18.4 Å². The SMILES string of the molecule is O=C=Cc1nc(CO)c[nH]1. The number of rotatable bonds is 2. The lowest BCUT2D eigenvalue weighted by Gasteiger charge is -1.79. The summed E-state index contributed by atoms with van der Waals surface area (Å²) in [4.78, 5) is 16.2. The van der Waals surface area contributed by atoms with Crippen LogP contribution in [0.5, 0.6) is 0 Å². The highest BCUT2D eigenvalue weighted by Gasteiger charge is 1.94. The number of aromatic nitrogens is 2. The van der Waals surface area contributed by atoms with E-state index in [4.69, 9.17) is 5.11 Å². The molecule has 2 N–H and O–H groups in total. The van der Waals surface area contributed by atoms with Crippen molar-refractivity contribution in [1.29, 1.82) is 0 Å². The molecule has 0 saturated heterocycles. The summed E-state index contributed by atoms with van der Waals surface area (Å²) in [5.41, 5.74) is 0.515. The van der Waals surface area contributed by atoms with Gasteiger partial charge in [-0.25, -0.2) is 9.78 Å². The summed E-state index contributed by atoms with van der Waals surface area (Å²) in [5.74, 6) is 1.99. The zero-order chi connectivity index (χ0) is 7.40. The summed E-state index contributed by atoms with van der Waals surface area (Å²) in [6, 6.07) is 0. The molecule has 0 atom stereocenters. The highest BCUT2D eigenvalue weighted by molar-refractivity contribution is 5.71. The van der Waals surface area contributed by atoms with E-state index < -0.39 is 0 Å². The maximum absolute atomic E-state index is 9.77. The first-order chi connectivity index (χ1) is 4.86. The van der Waals surface area contributed by atoms with Crippen LogP contribution in [0.2, 0.25) is 0 Å². The number of hydrogen-bond donors (Lipinski definition) is 2. The third kappa shape index (κ3) is 1.31. The Labute approximate surface area is 57.2 Å². The molecule has 4 heteroatoms. The predicted octanol–water partition coefficient (Wildman–Crippen LogP) is -0.253. The molecule has 52 valence electrons. The Morgan fingerprint density at radius 3 is 3.20 bits per heavy atom. The minimum absolute atomic E-state index is 0.122. The molecule has 0 saturated carbocycles. The molecular formula is C6H6N2O2. The van der Waals surface area contributed by atoms with E-state index in [0.717, 1.165) is 0 Å². The standard InChI is InChI=1S/C6H6N2O2/c9-2-1-6-7-3-5(4-10)8-6/h1,3,10H,4H2,(H,7,8). The fraction of sp³-hybridized carbons (Fsp3) is 0.167. The summed E-state index contributed by atoms with van der Waals surface area (Å²) in [6.07, 6.45) is 2.70. The molecule has 0 bridgehead atoms. The molecule has 0 radical (unpaired) electrons. The molecule has 0 aliphatic rings. The van der Waals surface area contributed by atoms with Gasteiger partial charge in [-0.3, -0.25) is 0 Å². The van der Waals surface area contributed by atoms with Gasteiger partial charge in [0, 0.05) is 6.20 Å². The van der Waals surface area contributed by atoms with Crippen molar-refractivity contribution in [3.8, 4) is 0 Å². The third-order valence-electron chi connectivity index (χ3n) is 1.01. The van der Waals surface area contributed by atoms with Gasteiger partial charge < -0.3 is 10.1 Å². The lowest BCUT2D eigenvalue weighted by atomic mass is 10.5. The fourth-order valence-electron chi connectivity index (χ4n) is 0.587. The Kier molecular flexibility index (Phi) is 1.99. The molecule has 1 rings (SSSR count). The lowest BCUT2D eigenvalue weighted by Crippen LogP contribution is -1.81. The summed E-state index contributed by atoms with van der Waals surface area (Å²) >= 11 is 0. The average Bonchev–Trinajstić information content (AvgIpc) is 2.37. The number of aliphatic hydroxyl groups excluding tert-OH is 1. The molecule has 0 aliphatic carbocycles. The summed E-state index contributed by atoms with van der Waals surface area (Å²) in [5, 5.41) is 8.52. The molecule has 0 unspecified atom stereocenters. The molecule has 4 nitrogen and oxygen atoms in total. The van der Waals surface area contributed by atoms with Crippen molar-refractivity contribution in [3.05, 3.63) is 17.7 Å². The van der Waals surface area contributed by atoms with Gasteiger partial charge in [0.2, 0.25) is 0 Å². The van der Waals surface area contributed by atoms with Crippen LogP contribution in [0.1, 0.15) is 11.5 Å². The Bertz CT molecular complexity index is 260. The topological polar surface area (TPSA) is 66.0 Å². The largest absolute Gasteiger partial charge is 0.390 e. The minimum Gasteiger partial charge on any atom is -0.390 e. The zero-order valence-corrected chi connectivity index (χ0v) is 5.16. The maximum atomic E-state index is 9.77. The number of aliphatic hydroxyl groups is 1. The Morgan fingerprint density at radius 1 is 1.90 bits per heavy atom. The molecule has 0 aromatic carbocycles. The number of aromatic amines is 1. The van der Waals surface area contributed by atoms with Crippen LogP contribution in [0.4, 0.5) is 0 Å². The smallest absolute Gasteiger partial charge is 0.141 e. The van der Waals surface area contributed by atoms with Crippen molar-refractivity contribution in [2.45, 2.75) is 6.61 Å². The van der Waals surface area contributed by atoms with Gasteiger partial charge in [-0.1, -0.05) is 0 Å². The van der Waals surface area contributed by atoms with E-state index in [2.05, 4.69) is 9.97 Å². The Hall–Kier alpha value is -1.38. The van der Waals surface area contributed by atoms with Crippen molar-refractivity contribution in [2.75, 3.05) is 0 Å². The van der Waals surface area contributed by atoms with Crippen LogP contribution in [0.25, 0.3) is 6.08 Å². The molecule has 0 spiro atoms. The van der Waals surface area contributed by atoms with Crippen LogP contribution >= 0.6 is 0 Å². The molecular weight excluding hydrogens is 132 g/mol. The predicted molar refractivity (Wildman–Crippen MR) is 34.7 cm³/mol. The summed E-state index contributed by atoms with van der Waals surface area (Å²) in [7, 11) is 0. The number of carbonyl (C=O) groups excluding carboxylic acids is 1. The van der Waals surface area contributed by atoms with E-state index in [0.29, 0.717) is 11.5 Å². The van der Waals surface area contributed by atoms with E-state index in [1.54, 1.807) is 5.94 Å². The second kappa shape index (κ2) is 2.96. The van der Waals surface area contributed by atoms with Gasteiger partial charge in [-0.15, -0.1) is 0 Å². The van der Waals surface area contributed by atoms with Gasteiger partial charge in [-0.05, 0) is 0 Å². The first kappa shape index (κ1) is 6.74.